The molecular weight excluding hydrogens is 256 g/mol. The van der Waals surface area contributed by atoms with Crippen LogP contribution in [0.3, 0.4) is 0 Å². The molecule has 0 amide bonds. The van der Waals surface area contributed by atoms with Crippen molar-refractivity contribution in [3.05, 3.63) is 29.8 Å². The normalized spacial score (nSPS) is 13.6. The van der Waals surface area contributed by atoms with Gasteiger partial charge in [-0.25, -0.2) is 0 Å². The van der Waals surface area contributed by atoms with E-state index >= 15 is 0 Å². The minimum Gasteiger partial charge on any atom is -0.491 e. The van der Waals surface area contributed by atoms with Crippen molar-refractivity contribution in [2.75, 3.05) is 5.75 Å². The van der Waals surface area contributed by atoms with Gasteiger partial charge in [-0.2, -0.15) is 11.8 Å². The fourth-order valence-electron chi connectivity index (χ4n) is 1.62. The van der Waals surface area contributed by atoms with Crippen LogP contribution in [0.15, 0.2) is 24.3 Å². The summed E-state index contributed by atoms with van der Waals surface area (Å²) in [5, 5.41) is 0. The van der Waals surface area contributed by atoms with E-state index in [2.05, 4.69) is 38.3 Å². The van der Waals surface area contributed by atoms with Crippen LogP contribution < -0.4 is 16.0 Å². The van der Waals surface area contributed by atoms with Gasteiger partial charge in [-0.05, 0) is 31.5 Å². The summed E-state index contributed by atoms with van der Waals surface area (Å²) in [5.74, 6) is 7.51. The summed E-state index contributed by atoms with van der Waals surface area (Å²) in [6.45, 7) is 10.7. The van der Waals surface area contributed by atoms with Gasteiger partial charge in [0.1, 0.15) is 5.75 Å². The van der Waals surface area contributed by atoms with E-state index in [1.165, 1.54) is 5.56 Å². The first-order chi connectivity index (χ1) is 8.81. The summed E-state index contributed by atoms with van der Waals surface area (Å²) in [5.41, 5.74) is 4.08. The number of hydrogen-bond acceptors (Lipinski definition) is 4. The van der Waals surface area contributed by atoms with Gasteiger partial charge in [-0.15, -0.1) is 0 Å². The molecule has 108 valence electrons. The van der Waals surface area contributed by atoms with E-state index in [1.807, 2.05) is 37.7 Å². The molecule has 4 heteroatoms. The molecule has 19 heavy (non-hydrogen) atoms. The molecule has 0 radical (unpaired) electrons. The molecule has 0 aliphatic carbocycles. The van der Waals surface area contributed by atoms with Crippen LogP contribution in [0, 0.1) is 0 Å². The minimum absolute atomic E-state index is 0.164. The molecule has 0 fully saturated rings. The van der Waals surface area contributed by atoms with Crippen molar-refractivity contribution in [1.82, 2.24) is 5.43 Å². The smallest absolute Gasteiger partial charge is 0.119 e. The maximum Gasteiger partial charge on any atom is 0.119 e. The van der Waals surface area contributed by atoms with Gasteiger partial charge in [0, 0.05) is 10.5 Å². The lowest BCUT2D eigenvalue weighted by Gasteiger charge is -2.23. The number of rotatable bonds is 6. The lowest BCUT2D eigenvalue weighted by Crippen LogP contribution is -2.30. The first-order valence-corrected chi connectivity index (χ1v) is 7.67. The second-order valence-corrected chi connectivity index (χ2v) is 7.73. The summed E-state index contributed by atoms with van der Waals surface area (Å²) in [7, 11) is 0. The Labute approximate surface area is 121 Å². The van der Waals surface area contributed by atoms with Gasteiger partial charge in [0.15, 0.2) is 0 Å². The predicted molar refractivity (Wildman–Crippen MR) is 84.5 cm³/mol. The van der Waals surface area contributed by atoms with Gasteiger partial charge >= 0.3 is 0 Å². The third-order valence-electron chi connectivity index (χ3n) is 2.54. The quantitative estimate of drug-likeness (QED) is 0.619. The molecule has 0 aliphatic rings. The van der Waals surface area contributed by atoms with Crippen molar-refractivity contribution < 1.29 is 4.74 Å². The van der Waals surface area contributed by atoms with E-state index in [1.54, 1.807) is 0 Å². The fraction of sp³-hybridized carbons (Fsp3) is 0.600. The lowest BCUT2D eigenvalue weighted by atomic mass is 10.1. The number of ether oxygens (including phenoxy) is 1. The van der Waals surface area contributed by atoms with Crippen LogP contribution in [0.4, 0.5) is 0 Å². The van der Waals surface area contributed by atoms with E-state index in [0.717, 1.165) is 11.5 Å². The number of nitrogens with one attached hydrogen (secondary N) is 1. The highest BCUT2D eigenvalue weighted by atomic mass is 32.2. The molecule has 0 aromatic heterocycles. The van der Waals surface area contributed by atoms with Crippen LogP contribution in [-0.4, -0.2) is 16.6 Å². The molecule has 3 nitrogen and oxygen atoms in total. The third-order valence-corrected chi connectivity index (χ3v) is 3.90. The topological polar surface area (TPSA) is 47.3 Å². The molecule has 1 unspecified atom stereocenters. The molecule has 0 spiro atoms. The molecule has 1 aromatic carbocycles. The van der Waals surface area contributed by atoms with Gasteiger partial charge in [0.25, 0.3) is 0 Å². The maximum atomic E-state index is 5.66. The third kappa shape index (κ3) is 6.32. The van der Waals surface area contributed by atoms with Gasteiger partial charge in [-0.3, -0.25) is 11.3 Å². The Morgan fingerprint density at radius 2 is 1.79 bits per heavy atom. The molecule has 0 saturated carbocycles. The van der Waals surface area contributed by atoms with Gasteiger partial charge < -0.3 is 4.74 Å². The Hall–Kier alpha value is -0.710. The first-order valence-electron chi connectivity index (χ1n) is 6.68. The monoisotopic (exact) mass is 282 g/mol. The minimum atomic E-state index is 0.164. The van der Waals surface area contributed by atoms with Crippen LogP contribution in [0.1, 0.15) is 46.2 Å². The highest BCUT2D eigenvalue weighted by molar-refractivity contribution is 8.00. The molecule has 0 saturated heterocycles. The maximum absolute atomic E-state index is 5.66. The van der Waals surface area contributed by atoms with Gasteiger partial charge in [-0.1, -0.05) is 32.9 Å². The van der Waals surface area contributed by atoms with Crippen molar-refractivity contribution >= 4 is 11.8 Å². The largest absolute Gasteiger partial charge is 0.491 e. The summed E-state index contributed by atoms with van der Waals surface area (Å²) >= 11 is 1.90. The van der Waals surface area contributed by atoms with Crippen molar-refractivity contribution in [3.63, 3.8) is 0 Å². The summed E-state index contributed by atoms with van der Waals surface area (Å²) < 4.78 is 5.89. The van der Waals surface area contributed by atoms with Crippen LogP contribution in [-0.2, 0) is 0 Å². The van der Waals surface area contributed by atoms with Crippen LogP contribution >= 0.6 is 11.8 Å². The molecule has 1 atom stereocenters. The second kappa shape index (κ2) is 7.17. The number of benzene rings is 1. The van der Waals surface area contributed by atoms with Crippen LogP contribution in [0.5, 0.6) is 5.75 Å². The summed E-state index contributed by atoms with van der Waals surface area (Å²) in [6.07, 6.45) is 0.200. The standard InChI is InChI=1S/C15H26N2OS/c1-11(2)18-13-8-6-12(7-9-13)14(17-16)10-19-15(3,4)5/h6-9,11,14,17H,10,16H2,1-5H3. The van der Waals surface area contributed by atoms with Crippen molar-refractivity contribution in [1.29, 1.82) is 0 Å². The van der Waals surface area contributed by atoms with E-state index in [-0.39, 0.29) is 16.9 Å². The zero-order valence-corrected chi connectivity index (χ0v) is 13.4. The second-order valence-electron chi connectivity index (χ2n) is 5.88. The Morgan fingerprint density at radius 1 is 1.21 bits per heavy atom. The number of hydrazine groups is 1. The van der Waals surface area contributed by atoms with Crippen LogP contribution in [0.2, 0.25) is 0 Å². The zero-order valence-electron chi connectivity index (χ0n) is 12.6. The lowest BCUT2D eigenvalue weighted by molar-refractivity contribution is 0.242. The molecule has 0 heterocycles. The average Bonchev–Trinajstić information content (AvgIpc) is 2.29. The average molecular weight is 282 g/mol. The Balaban J connectivity index is 2.66. The Kier molecular flexibility index (Phi) is 6.17. The molecule has 3 N–H and O–H groups in total. The zero-order chi connectivity index (χ0) is 14.5. The van der Waals surface area contributed by atoms with E-state index in [4.69, 9.17) is 10.6 Å². The molecular formula is C15H26N2OS. The van der Waals surface area contributed by atoms with Crippen molar-refractivity contribution in [2.45, 2.75) is 51.5 Å². The van der Waals surface area contributed by atoms with Gasteiger partial charge in [0.05, 0.1) is 12.1 Å². The SMILES string of the molecule is CC(C)Oc1ccc(C(CSC(C)(C)C)NN)cc1. The molecule has 0 bridgehead atoms. The fourth-order valence-corrected chi connectivity index (χ4v) is 2.58. The number of thioether (sulfide) groups is 1. The number of hydrogen-bond donors (Lipinski definition) is 2. The predicted octanol–water partition coefficient (Wildman–Crippen LogP) is 3.51. The highest BCUT2D eigenvalue weighted by Crippen LogP contribution is 2.28. The molecule has 1 aromatic rings. The molecule has 1 rings (SSSR count). The van der Waals surface area contributed by atoms with Gasteiger partial charge in [0.2, 0.25) is 0 Å². The van der Waals surface area contributed by atoms with E-state index in [0.29, 0.717) is 0 Å². The first kappa shape index (κ1) is 16.3. The summed E-state index contributed by atoms with van der Waals surface area (Å²) in [6, 6.07) is 8.32. The summed E-state index contributed by atoms with van der Waals surface area (Å²) in [4.78, 5) is 0. The van der Waals surface area contributed by atoms with E-state index in [9.17, 15) is 0 Å². The molecule has 0 aliphatic heterocycles. The van der Waals surface area contributed by atoms with Crippen molar-refractivity contribution in [3.8, 4) is 5.75 Å². The Bertz CT molecular complexity index is 371. The van der Waals surface area contributed by atoms with Crippen molar-refractivity contribution in [2.24, 2.45) is 5.84 Å². The Morgan fingerprint density at radius 3 is 2.21 bits per heavy atom. The highest BCUT2D eigenvalue weighted by Gasteiger charge is 2.16. The number of nitrogens with two attached hydrogens (primary N) is 1. The van der Waals surface area contributed by atoms with E-state index < -0.39 is 0 Å². The van der Waals surface area contributed by atoms with Crippen LogP contribution in [0.25, 0.3) is 0 Å².